The SMILES string of the molecule is Nc1nc(Cl)c2[nH]c(=O)n(Cc3cc(Cl)ccc3F)c2n1. The zero-order valence-electron chi connectivity index (χ0n) is 10.4. The van der Waals surface area contributed by atoms with Crippen LogP contribution in [0.1, 0.15) is 5.56 Å². The molecule has 0 radical (unpaired) electrons. The van der Waals surface area contributed by atoms with E-state index in [-0.39, 0.29) is 34.4 Å². The second kappa shape index (κ2) is 5.01. The highest BCUT2D eigenvalue weighted by Gasteiger charge is 2.15. The predicted octanol–water partition coefficient (Wildman–Crippen LogP) is 2.20. The maximum Gasteiger partial charge on any atom is 0.328 e. The predicted molar refractivity (Wildman–Crippen MR) is 78.1 cm³/mol. The lowest BCUT2D eigenvalue weighted by Gasteiger charge is -2.05. The van der Waals surface area contributed by atoms with E-state index in [1.54, 1.807) is 0 Å². The summed E-state index contributed by atoms with van der Waals surface area (Å²) in [6.45, 7) is -0.0575. The summed E-state index contributed by atoms with van der Waals surface area (Å²) in [5.74, 6) is -0.555. The van der Waals surface area contributed by atoms with E-state index in [1.807, 2.05) is 0 Å². The smallest absolute Gasteiger partial charge is 0.328 e. The molecule has 3 rings (SSSR count). The van der Waals surface area contributed by atoms with E-state index in [9.17, 15) is 9.18 Å². The van der Waals surface area contributed by atoms with E-state index < -0.39 is 11.5 Å². The maximum absolute atomic E-state index is 13.8. The molecule has 0 atom stereocenters. The van der Waals surface area contributed by atoms with Gasteiger partial charge in [0.15, 0.2) is 10.8 Å². The number of fused-ring (bicyclic) bond motifs is 1. The molecule has 1 aromatic carbocycles. The summed E-state index contributed by atoms with van der Waals surface area (Å²) in [5.41, 5.74) is 5.73. The van der Waals surface area contributed by atoms with Crippen molar-refractivity contribution >= 4 is 40.3 Å². The number of hydrogen-bond acceptors (Lipinski definition) is 4. The van der Waals surface area contributed by atoms with Crippen molar-refractivity contribution in [3.8, 4) is 0 Å². The van der Waals surface area contributed by atoms with Crippen LogP contribution >= 0.6 is 23.2 Å². The Balaban J connectivity index is 2.19. The number of aromatic amines is 1. The molecule has 2 aromatic heterocycles. The van der Waals surface area contributed by atoms with Crippen molar-refractivity contribution in [2.45, 2.75) is 6.54 Å². The van der Waals surface area contributed by atoms with Crippen molar-refractivity contribution in [2.75, 3.05) is 5.73 Å². The number of nitrogens with zero attached hydrogens (tertiary/aromatic N) is 3. The number of anilines is 1. The van der Waals surface area contributed by atoms with Gasteiger partial charge in [-0.2, -0.15) is 9.97 Å². The van der Waals surface area contributed by atoms with Gasteiger partial charge in [-0.15, -0.1) is 0 Å². The third kappa shape index (κ3) is 2.45. The molecule has 3 aromatic rings. The lowest BCUT2D eigenvalue weighted by molar-refractivity contribution is 0.598. The number of imidazole rings is 1. The molecule has 0 amide bonds. The fraction of sp³-hybridized carbons (Fsp3) is 0.0833. The number of nitrogens with two attached hydrogens (primary N) is 1. The van der Waals surface area contributed by atoms with E-state index in [0.29, 0.717) is 5.02 Å². The van der Waals surface area contributed by atoms with Crippen molar-refractivity contribution in [1.29, 1.82) is 0 Å². The number of H-pyrrole nitrogens is 1. The zero-order valence-corrected chi connectivity index (χ0v) is 11.9. The van der Waals surface area contributed by atoms with Gasteiger partial charge in [0, 0.05) is 10.6 Å². The topological polar surface area (TPSA) is 89.6 Å². The van der Waals surface area contributed by atoms with Gasteiger partial charge < -0.3 is 10.7 Å². The summed E-state index contributed by atoms with van der Waals surface area (Å²) in [6.07, 6.45) is 0. The quantitative estimate of drug-likeness (QED) is 0.706. The van der Waals surface area contributed by atoms with Crippen molar-refractivity contribution < 1.29 is 4.39 Å². The van der Waals surface area contributed by atoms with Crippen LogP contribution in [0, 0.1) is 5.82 Å². The third-order valence-electron chi connectivity index (χ3n) is 2.93. The Kier molecular flexibility index (Phi) is 3.30. The van der Waals surface area contributed by atoms with Gasteiger partial charge in [-0.1, -0.05) is 23.2 Å². The van der Waals surface area contributed by atoms with Gasteiger partial charge in [-0.3, -0.25) is 4.57 Å². The highest BCUT2D eigenvalue weighted by Crippen LogP contribution is 2.20. The molecular formula is C12H8Cl2FN5O. The minimum Gasteiger partial charge on any atom is -0.368 e. The van der Waals surface area contributed by atoms with E-state index in [1.165, 1.54) is 22.8 Å². The van der Waals surface area contributed by atoms with Crippen molar-refractivity contribution in [3.63, 3.8) is 0 Å². The van der Waals surface area contributed by atoms with Crippen LogP contribution in [0.2, 0.25) is 10.2 Å². The first-order chi connectivity index (χ1) is 9.95. The zero-order chi connectivity index (χ0) is 15.1. The van der Waals surface area contributed by atoms with Crippen LogP contribution in [0.25, 0.3) is 11.2 Å². The number of hydrogen-bond donors (Lipinski definition) is 2. The normalized spacial score (nSPS) is 11.2. The van der Waals surface area contributed by atoms with Gasteiger partial charge >= 0.3 is 5.69 Å². The molecule has 0 aliphatic heterocycles. The monoisotopic (exact) mass is 327 g/mol. The molecule has 0 spiro atoms. The van der Waals surface area contributed by atoms with E-state index in [4.69, 9.17) is 28.9 Å². The molecule has 0 aliphatic rings. The fourth-order valence-corrected chi connectivity index (χ4v) is 2.41. The van der Waals surface area contributed by atoms with Crippen LogP contribution in [0.3, 0.4) is 0 Å². The Morgan fingerprint density at radius 2 is 2.10 bits per heavy atom. The largest absolute Gasteiger partial charge is 0.368 e. The maximum atomic E-state index is 13.8. The van der Waals surface area contributed by atoms with Gasteiger partial charge in [0.25, 0.3) is 0 Å². The molecular weight excluding hydrogens is 320 g/mol. The number of halogens is 3. The van der Waals surface area contributed by atoms with Crippen LogP contribution < -0.4 is 11.4 Å². The number of aromatic nitrogens is 4. The molecule has 0 aliphatic carbocycles. The molecule has 0 fully saturated rings. The summed E-state index contributed by atoms with van der Waals surface area (Å²) in [4.78, 5) is 22.2. The van der Waals surface area contributed by atoms with Gasteiger partial charge in [0.2, 0.25) is 5.95 Å². The van der Waals surface area contributed by atoms with Crippen LogP contribution in [-0.4, -0.2) is 19.5 Å². The summed E-state index contributed by atoms with van der Waals surface area (Å²) >= 11 is 11.7. The summed E-state index contributed by atoms with van der Waals surface area (Å²) in [7, 11) is 0. The van der Waals surface area contributed by atoms with Crippen molar-refractivity contribution in [1.82, 2.24) is 19.5 Å². The van der Waals surface area contributed by atoms with E-state index >= 15 is 0 Å². The molecule has 108 valence electrons. The number of rotatable bonds is 2. The van der Waals surface area contributed by atoms with Gasteiger partial charge in [0.05, 0.1) is 6.54 Å². The van der Waals surface area contributed by atoms with E-state index in [2.05, 4.69) is 15.0 Å². The fourth-order valence-electron chi connectivity index (χ4n) is 1.99. The average Bonchev–Trinajstić information content (AvgIpc) is 2.72. The molecule has 3 N–H and O–H groups in total. The highest BCUT2D eigenvalue weighted by molar-refractivity contribution is 6.33. The van der Waals surface area contributed by atoms with Crippen LogP contribution in [0.5, 0.6) is 0 Å². The third-order valence-corrected chi connectivity index (χ3v) is 3.44. The van der Waals surface area contributed by atoms with E-state index in [0.717, 1.165) is 0 Å². The Labute approximate surface area is 127 Å². The van der Waals surface area contributed by atoms with Crippen molar-refractivity contribution in [2.24, 2.45) is 0 Å². The standard InChI is InChI=1S/C12H8Cl2FN5O/c13-6-1-2-7(15)5(3-6)4-20-10-8(17-12(20)21)9(14)18-11(16)19-10/h1-3H,4H2,(H,17,21)(H2,16,18,19). The molecule has 0 saturated carbocycles. The summed E-state index contributed by atoms with van der Waals surface area (Å²) in [5, 5.41) is 0.395. The Morgan fingerprint density at radius 3 is 2.86 bits per heavy atom. The lowest BCUT2D eigenvalue weighted by atomic mass is 10.2. The highest BCUT2D eigenvalue weighted by atomic mass is 35.5. The first kappa shape index (κ1) is 13.8. The Hall–Kier alpha value is -2.12. The van der Waals surface area contributed by atoms with Gasteiger partial charge in [0.1, 0.15) is 11.3 Å². The number of nitrogen functional groups attached to an aromatic ring is 1. The second-order valence-electron chi connectivity index (χ2n) is 4.32. The summed E-state index contributed by atoms with van der Waals surface area (Å²) in [6, 6.07) is 4.09. The summed E-state index contributed by atoms with van der Waals surface area (Å²) < 4.78 is 15.0. The molecule has 2 heterocycles. The van der Waals surface area contributed by atoms with Gasteiger partial charge in [-0.05, 0) is 18.2 Å². The Morgan fingerprint density at radius 1 is 1.33 bits per heavy atom. The Bertz CT molecular complexity index is 905. The minimum atomic E-state index is -0.494. The van der Waals surface area contributed by atoms with Crippen LogP contribution in [-0.2, 0) is 6.54 Å². The van der Waals surface area contributed by atoms with Gasteiger partial charge in [-0.25, -0.2) is 9.18 Å². The molecule has 0 saturated heterocycles. The van der Waals surface area contributed by atoms with Crippen molar-refractivity contribution in [3.05, 3.63) is 50.2 Å². The number of nitrogens with one attached hydrogen (secondary N) is 1. The average molecular weight is 328 g/mol. The second-order valence-corrected chi connectivity index (χ2v) is 5.12. The lowest BCUT2D eigenvalue weighted by Crippen LogP contribution is -2.18. The minimum absolute atomic E-state index is 0.0277. The molecule has 0 bridgehead atoms. The molecule has 21 heavy (non-hydrogen) atoms. The van der Waals surface area contributed by atoms with Crippen LogP contribution in [0.4, 0.5) is 10.3 Å². The molecule has 6 nitrogen and oxygen atoms in total. The first-order valence-corrected chi connectivity index (χ1v) is 6.57. The van der Waals surface area contributed by atoms with Crippen LogP contribution in [0.15, 0.2) is 23.0 Å². The number of benzene rings is 1. The molecule has 9 heteroatoms. The first-order valence-electron chi connectivity index (χ1n) is 5.81. The molecule has 0 unspecified atom stereocenters.